The van der Waals surface area contributed by atoms with Crippen LogP contribution in [-0.4, -0.2) is 43.3 Å². The van der Waals surface area contributed by atoms with Crippen LogP contribution in [0.15, 0.2) is 75.8 Å². The Morgan fingerprint density at radius 1 is 0.455 bits per heavy atom. The molecule has 0 spiro atoms. The lowest BCUT2D eigenvalue weighted by molar-refractivity contribution is -0.137. The van der Waals surface area contributed by atoms with Crippen LogP contribution in [0.4, 0.5) is 0 Å². The monoisotopic (exact) mass is 971 g/mol. The molecule has 0 saturated carbocycles. The third-order valence-corrected chi connectivity index (χ3v) is 27.3. The smallest absolute Gasteiger partial charge is 0.315 e. The maximum atomic E-state index is 12.7. The maximum absolute atomic E-state index is 12.7. The van der Waals surface area contributed by atoms with Gasteiger partial charge in [-0.15, -0.1) is 153 Å². The second kappa shape index (κ2) is 14.1. The van der Waals surface area contributed by atoms with Crippen molar-refractivity contribution < 1.29 is 9.53 Å². The molecule has 6 aliphatic heterocycles. The highest BCUT2D eigenvalue weighted by atomic mass is 32.2. The molecule has 0 amide bonds. The normalized spacial score (nSPS) is 23.4. The van der Waals surface area contributed by atoms with E-state index in [4.69, 9.17) is 4.74 Å². The van der Waals surface area contributed by atoms with Gasteiger partial charge in [-0.05, 0) is 112 Å². The van der Waals surface area contributed by atoms with E-state index in [9.17, 15) is 4.79 Å². The zero-order chi connectivity index (χ0) is 39.4. The summed E-state index contributed by atoms with van der Waals surface area (Å²) in [6, 6.07) is 5.05. The Labute approximate surface area is 382 Å². The quantitative estimate of drug-likeness (QED) is 0.133. The van der Waals surface area contributed by atoms with Gasteiger partial charge in [0, 0.05) is 63.6 Å². The highest BCUT2D eigenvalue weighted by molar-refractivity contribution is 8.23. The Balaban J connectivity index is 1.44. The number of esters is 1. The molecule has 6 aliphatic rings. The molecule has 1 radical (unpaired) electrons. The molecule has 0 atom stereocenters. The minimum atomic E-state index is -0.178. The van der Waals surface area contributed by atoms with Gasteiger partial charge < -0.3 is 4.74 Å². The fourth-order valence-electron chi connectivity index (χ4n) is 7.46. The van der Waals surface area contributed by atoms with Crippen molar-refractivity contribution >= 4 is 159 Å². The number of methoxy groups -OCH3 is 1. The predicted octanol–water partition coefficient (Wildman–Crippen LogP) is 16.6. The van der Waals surface area contributed by atoms with Crippen LogP contribution in [0, 0.1) is 5.92 Å². The van der Waals surface area contributed by atoms with E-state index in [1.54, 1.807) is 11.8 Å². The molecule has 15 heteroatoms. The number of fused-ring (bicyclic) bond motifs is 6. The zero-order valence-electron chi connectivity index (χ0n) is 33.0. The van der Waals surface area contributed by atoms with Crippen molar-refractivity contribution in [3.8, 4) is 0 Å². The maximum Gasteiger partial charge on any atom is 0.315 e. The van der Waals surface area contributed by atoms with Crippen molar-refractivity contribution in [2.45, 2.75) is 171 Å². The molecule has 0 unspecified atom stereocenters. The molecule has 0 aromatic heterocycles. The van der Waals surface area contributed by atoms with Gasteiger partial charge in [-0.1, -0.05) is 0 Å². The van der Waals surface area contributed by atoms with Crippen molar-refractivity contribution in [1.29, 1.82) is 0 Å². The molecule has 3 aromatic carbocycles. The van der Waals surface area contributed by atoms with Gasteiger partial charge in [0.1, 0.15) is 0 Å². The molecule has 3 aromatic rings. The van der Waals surface area contributed by atoms with Crippen molar-refractivity contribution in [3.63, 3.8) is 0 Å². The van der Waals surface area contributed by atoms with E-state index in [0.29, 0.717) is 5.75 Å². The summed E-state index contributed by atoms with van der Waals surface area (Å²) in [4.78, 5) is 30.9. The van der Waals surface area contributed by atoms with Crippen molar-refractivity contribution in [2.24, 2.45) is 0 Å². The third kappa shape index (κ3) is 7.66. The van der Waals surface area contributed by atoms with E-state index >= 15 is 0 Å². The van der Waals surface area contributed by atoms with Gasteiger partial charge >= 0.3 is 5.97 Å². The number of carbonyl (C=O) groups is 1. The molecule has 2 nitrogen and oxygen atoms in total. The lowest BCUT2D eigenvalue weighted by Crippen LogP contribution is -2.15. The van der Waals surface area contributed by atoms with Gasteiger partial charge in [-0.3, -0.25) is 4.79 Å². The molecule has 0 bridgehead atoms. The molecule has 0 fully saturated rings. The average Bonchev–Trinajstić information content (AvgIpc) is 3.84. The minimum absolute atomic E-state index is 0.0272. The lowest BCUT2D eigenvalue weighted by atomic mass is 9.84. The number of hydrogen-bond donors (Lipinski definition) is 0. The topological polar surface area (TPSA) is 26.3 Å². The molecule has 0 saturated heterocycles. The average molecular weight is 973 g/mol. The Morgan fingerprint density at radius 3 is 1.05 bits per heavy atom. The second-order valence-corrected chi connectivity index (χ2v) is 39.0. The summed E-state index contributed by atoms with van der Waals surface area (Å²) in [5, 5.41) is 0. The van der Waals surface area contributed by atoms with E-state index in [1.165, 1.54) is 93.4 Å². The van der Waals surface area contributed by atoms with Crippen molar-refractivity contribution in [3.05, 3.63) is 34.7 Å². The number of thioether (sulfide) groups is 13. The van der Waals surface area contributed by atoms with Crippen LogP contribution in [0.1, 0.15) is 99.8 Å². The van der Waals surface area contributed by atoms with E-state index in [2.05, 4.69) is 142 Å². The van der Waals surface area contributed by atoms with E-state index in [0.717, 1.165) is 0 Å². The van der Waals surface area contributed by atoms with Crippen molar-refractivity contribution in [1.82, 2.24) is 0 Å². The first kappa shape index (κ1) is 42.0. The number of ether oxygens (including phenoxy) is 1. The largest absolute Gasteiger partial charge is 0.468 e. The van der Waals surface area contributed by atoms with Gasteiger partial charge in [-0.25, -0.2) is 0 Å². The van der Waals surface area contributed by atoms with Crippen LogP contribution < -0.4 is 0 Å². The summed E-state index contributed by atoms with van der Waals surface area (Å²) in [5.74, 6) is 1.56. The van der Waals surface area contributed by atoms with Crippen LogP contribution in [-0.2, 0) is 9.53 Å². The highest BCUT2D eigenvalue weighted by Gasteiger charge is 2.51. The lowest BCUT2D eigenvalue weighted by Gasteiger charge is -2.30. The summed E-state index contributed by atoms with van der Waals surface area (Å²) in [6.45, 7) is 28.7. The molecule has 293 valence electrons. The summed E-state index contributed by atoms with van der Waals surface area (Å²) >= 11 is 26.1. The Morgan fingerprint density at radius 2 is 0.727 bits per heavy atom. The number of hydrogen-bond acceptors (Lipinski definition) is 15. The summed E-state index contributed by atoms with van der Waals surface area (Å²) in [7, 11) is 1.50. The first-order valence-electron chi connectivity index (χ1n) is 18.0. The SMILES string of the molecule is COC(=O)CSc1c2c(c([C](c3c4c(cc5c3SC(C)(C)S5)SC(C)(C)S4)c3c4c(cc5c3SC(C)(C)S5)SC(C)(C)S4)c3c1SC(C)(C)S3)SC(C)(C)S2. The van der Waals surface area contributed by atoms with Gasteiger partial charge in [0.15, 0.2) is 0 Å². The van der Waals surface area contributed by atoms with Gasteiger partial charge in [0.2, 0.25) is 0 Å². The van der Waals surface area contributed by atoms with Crippen LogP contribution in [0.25, 0.3) is 0 Å². The van der Waals surface area contributed by atoms with Crippen LogP contribution in [0.5, 0.6) is 0 Å². The van der Waals surface area contributed by atoms with Gasteiger partial charge in [0.05, 0.1) is 43.3 Å². The third-order valence-electron chi connectivity index (χ3n) is 9.12. The summed E-state index contributed by atoms with van der Waals surface area (Å²) in [6.07, 6.45) is 0. The highest BCUT2D eigenvalue weighted by Crippen LogP contribution is 2.74. The number of rotatable bonds is 6. The first-order chi connectivity index (χ1) is 25.5. The first-order valence-corrected chi connectivity index (χ1v) is 28.8. The standard InChI is InChI=1S/C40H43O2S13/c1-35(2)44-17-14-18-27(49-36(3,4)45-18)23(26(17)48-35)22(24-28-19(46-37(5,6)50-28)15-20-29(24)51-38(7,8)47-20)25-30-33(54-39(9,10)52-30)32(43-16-21(41)42-13)34-31(25)53-40(11,12)55-34/h14-15H,16H2,1-13H3. The Bertz CT molecular complexity index is 2000. The zero-order valence-corrected chi connectivity index (χ0v) is 43.6. The van der Waals surface area contributed by atoms with Crippen LogP contribution in [0.2, 0.25) is 0 Å². The van der Waals surface area contributed by atoms with E-state index in [-0.39, 0.29) is 30.4 Å². The molecule has 9 rings (SSSR count). The molecule has 55 heavy (non-hydrogen) atoms. The minimum Gasteiger partial charge on any atom is -0.468 e. The summed E-state index contributed by atoms with van der Waals surface area (Å²) < 4.78 is 5.18. The number of benzene rings is 3. The molecule has 6 heterocycles. The second-order valence-electron chi connectivity index (χ2n) is 16.7. The molecule has 0 aliphatic carbocycles. The molecule has 0 N–H and O–H groups in total. The van der Waals surface area contributed by atoms with Crippen LogP contribution in [0.3, 0.4) is 0 Å². The summed E-state index contributed by atoms with van der Waals surface area (Å²) in [5.41, 5.74) is 4.32. The fraction of sp³-hybridized carbons (Fsp3) is 0.500. The fourth-order valence-corrected chi connectivity index (χ4v) is 26.2. The molecular weight excluding hydrogens is 929 g/mol. The van der Waals surface area contributed by atoms with E-state index in [1.807, 2.05) is 94.1 Å². The van der Waals surface area contributed by atoms with Gasteiger partial charge in [0.25, 0.3) is 0 Å². The van der Waals surface area contributed by atoms with Gasteiger partial charge in [-0.2, -0.15) is 0 Å². The predicted molar refractivity (Wildman–Crippen MR) is 257 cm³/mol. The Kier molecular flexibility index (Phi) is 10.8. The number of carbonyl (C=O) groups excluding carboxylic acids is 1. The molecular formula is C40H43O2S13. The van der Waals surface area contributed by atoms with Crippen LogP contribution >= 0.6 is 153 Å². The van der Waals surface area contributed by atoms with E-state index < -0.39 is 0 Å². The van der Waals surface area contributed by atoms with Crippen molar-refractivity contribution in [2.75, 3.05) is 12.9 Å². The Hall–Kier alpha value is 1.68.